The number of amides is 1. The van der Waals surface area contributed by atoms with Crippen LogP contribution in [0, 0.1) is 5.92 Å². The lowest BCUT2D eigenvalue weighted by Crippen LogP contribution is -2.42. The first-order valence-corrected chi connectivity index (χ1v) is 11.1. The molecule has 0 aliphatic heterocycles. The molecule has 0 atom stereocenters. The number of hydrogen-bond acceptors (Lipinski definition) is 5. The quantitative estimate of drug-likeness (QED) is 0.539. The van der Waals surface area contributed by atoms with Gasteiger partial charge < -0.3 is 15.0 Å². The van der Waals surface area contributed by atoms with Gasteiger partial charge in [0.15, 0.2) is 0 Å². The number of anilines is 1. The molecule has 3 rings (SSSR count). The zero-order valence-corrected chi connectivity index (χ0v) is 19.6. The van der Waals surface area contributed by atoms with Crippen LogP contribution in [0.25, 0.3) is 11.3 Å². The minimum Gasteiger partial charge on any atom is -0.444 e. The summed E-state index contributed by atoms with van der Waals surface area (Å²) in [5.41, 5.74) is 1.21. The summed E-state index contributed by atoms with van der Waals surface area (Å²) in [6.45, 7) is 3.58. The summed E-state index contributed by atoms with van der Waals surface area (Å²) in [6, 6.07) is 3.37. The maximum Gasteiger partial charge on any atom is 0.410 e. The smallest absolute Gasteiger partial charge is 0.410 e. The van der Waals surface area contributed by atoms with Gasteiger partial charge in [-0.1, -0.05) is 11.6 Å². The van der Waals surface area contributed by atoms with Gasteiger partial charge in [0.1, 0.15) is 10.8 Å². The van der Waals surface area contributed by atoms with Crippen LogP contribution >= 0.6 is 11.6 Å². The van der Waals surface area contributed by atoms with Crippen molar-refractivity contribution in [2.75, 3.05) is 18.9 Å². The van der Waals surface area contributed by atoms with Gasteiger partial charge in [-0.25, -0.2) is 14.5 Å². The summed E-state index contributed by atoms with van der Waals surface area (Å²) in [4.78, 5) is 18.1. The summed E-state index contributed by atoms with van der Waals surface area (Å²) in [7, 11) is 1.79. The van der Waals surface area contributed by atoms with E-state index in [1.807, 2.05) is 20.8 Å². The third-order valence-corrected chi connectivity index (χ3v) is 5.79. The van der Waals surface area contributed by atoms with E-state index >= 15 is 0 Å². The van der Waals surface area contributed by atoms with Crippen LogP contribution in [0.4, 0.5) is 19.3 Å². The number of pyridine rings is 1. The molecule has 1 saturated carbocycles. The lowest BCUT2D eigenvalue weighted by atomic mass is 9.85. The molecule has 0 saturated heterocycles. The van der Waals surface area contributed by atoms with Crippen LogP contribution in [0.1, 0.15) is 53.0 Å². The molecule has 2 aromatic heterocycles. The van der Waals surface area contributed by atoms with Gasteiger partial charge in [-0.15, -0.1) is 0 Å². The Morgan fingerprint density at radius 1 is 1.34 bits per heavy atom. The second kappa shape index (κ2) is 10.0. The van der Waals surface area contributed by atoms with E-state index in [-0.39, 0.29) is 12.1 Å². The molecule has 7 nitrogen and oxygen atoms in total. The maximum absolute atomic E-state index is 12.9. The lowest BCUT2D eigenvalue weighted by molar-refractivity contribution is 0.0174. The first-order chi connectivity index (χ1) is 15.0. The van der Waals surface area contributed by atoms with E-state index in [4.69, 9.17) is 16.3 Å². The zero-order valence-electron chi connectivity index (χ0n) is 18.8. The number of carbonyl (C=O) groups is 1. The summed E-state index contributed by atoms with van der Waals surface area (Å²) in [5.74, 6) is 0.414. The SMILES string of the molecule is CN(C(=O)OC(C)(C)C)C1CCC(CNc2cc(Cl)ncc2-c2ccn(C(F)F)n2)CC1. The van der Waals surface area contributed by atoms with E-state index in [0.717, 1.165) is 25.7 Å². The molecule has 2 aromatic rings. The van der Waals surface area contributed by atoms with Gasteiger partial charge in [0.25, 0.3) is 0 Å². The first-order valence-electron chi connectivity index (χ1n) is 10.7. The Balaban J connectivity index is 1.58. The Kier molecular flexibility index (Phi) is 7.59. The van der Waals surface area contributed by atoms with E-state index in [1.165, 1.54) is 18.5 Å². The standard InChI is InChI=1S/C22H30ClF2N5O2/c1-22(2,3)32-21(31)29(4)15-7-5-14(6-8-15)12-26-18-11-19(23)27-13-16(18)17-9-10-30(28-17)20(24)25/h9-11,13-15,20H,5-8,12H2,1-4H3,(H,26,27). The van der Waals surface area contributed by atoms with Crippen molar-refractivity contribution < 1.29 is 18.3 Å². The summed E-state index contributed by atoms with van der Waals surface area (Å²) in [5, 5.41) is 7.63. The monoisotopic (exact) mass is 469 g/mol. The van der Waals surface area contributed by atoms with Crippen LogP contribution < -0.4 is 5.32 Å². The molecule has 0 radical (unpaired) electrons. The Bertz CT molecular complexity index is 923. The highest BCUT2D eigenvalue weighted by molar-refractivity contribution is 6.29. The molecule has 0 aromatic carbocycles. The van der Waals surface area contributed by atoms with Gasteiger partial charge in [-0.2, -0.15) is 13.9 Å². The topological polar surface area (TPSA) is 72.3 Å². The van der Waals surface area contributed by atoms with Crippen molar-refractivity contribution in [1.29, 1.82) is 0 Å². The number of hydrogen-bond donors (Lipinski definition) is 1. The molecule has 0 spiro atoms. The fourth-order valence-corrected chi connectivity index (χ4v) is 4.00. The fraction of sp³-hybridized carbons (Fsp3) is 0.591. The highest BCUT2D eigenvalue weighted by atomic mass is 35.5. The molecular weight excluding hydrogens is 440 g/mol. The molecule has 1 fully saturated rings. The Morgan fingerprint density at radius 2 is 2.03 bits per heavy atom. The predicted octanol–water partition coefficient (Wildman–Crippen LogP) is 5.83. The first kappa shape index (κ1) is 24.2. The number of nitrogens with zero attached hydrogens (tertiary/aromatic N) is 4. The van der Waals surface area contributed by atoms with Crippen LogP contribution in [-0.4, -0.2) is 51.0 Å². The molecule has 1 aliphatic rings. The maximum atomic E-state index is 12.9. The van der Waals surface area contributed by atoms with Crippen molar-refractivity contribution >= 4 is 23.4 Å². The van der Waals surface area contributed by atoms with E-state index in [9.17, 15) is 13.6 Å². The van der Waals surface area contributed by atoms with Crippen molar-refractivity contribution in [1.82, 2.24) is 19.7 Å². The number of halogens is 3. The molecule has 1 aliphatic carbocycles. The zero-order chi connectivity index (χ0) is 23.5. The largest absolute Gasteiger partial charge is 0.444 e. The van der Waals surface area contributed by atoms with E-state index < -0.39 is 12.2 Å². The van der Waals surface area contributed by atoms with Gasteiger partial charge in [0.05, 0.1) is 5.69 Å². The summed E-state index contributed by atoms with van der Waals surface area (Å²) < 4.78 is 31.8. The van der Waals surface area contributed by atoms with Crippen molar-refractivity contribution in [3.63, 3.8) is 0 Å². The van der Waals surface area contributed by atoms with Crippen LogP contribution in [0.3, 0.4) is 0 Å². The average Bonchev–Trinajstić information content (AvgIpc) is 3.21. The molecule has 0 bridgehead atoms. The predicted molar refractivity (Wildman–Crippen MR) is 120 cm³/mol. The summed E-state index contributed by atoms with van der Waals surface area (Å²) >= 11 is 6.06. The molecule has 1 N–H and O–H groups in total. The number of carbonyl (C=O) groups excluding carboxylic acids is 1. The number of nitrogens with one attached hydrogen (secondary N) is 1. The van der Waals surface area contributed by atoms with E-state index in [2.05, 4.69) is 15.4 Å². The number of ether oxygens (including phenoxy) is 1. The third kappa shape index (κ3) is 6.31. The molecular formula is C22H30ClF2N5O2. The lowest BCUT2D eigenvalue weighted by Gasteiger charge is -2.35. The number of rotatable bonds is 6. The normalized spacial score (nSPS) is 19.1. The number of aromatic nitrogens is 3. The van der Waals surface area contributed by atoms with Crippen molar-refractivity contribution in [2.45, 2.75) is 64.6 Å². The van der Waals surface area contributed by atoms with E-state index in [1.54, 1.807) is 18.0 Å². The van der Waals surface area contributed by atoms with Gasteiger partial charge in [0.2, 0.25) is 0 Å². The minimum atomic E-state index is -2.70. The minimum absolute atomic E-state index is 0.158. The van der Waals surface area contributed by atoms with Crippen LogP contribution in [0.2, 0.25) is 5.15 Å². The fourth-order valence-electron chi connectivity index (χ4n) is 3.84. The summed E-state index contributed by atoms with van der Waals surface area (Å²) in [6.07, 6.45) is 6.18. The van der Waals surface area contributed by atoms with E-state index in [0.29, 0.717) is 39.2 Å². The molecule has 10 heteroatoms. The molecule has 1 amide bonds. The van der Waals surface area contributed by atoms with Crippen molar-refractivity contribution in [3.8, 4) is 11.3 Å². The Labute approximate surface area is 192 Å². The second-order valence-electron chi connectivity index (χ2n) is 9.16. The molecule has 32 heavy (non-hydrogen) atoms. The molecule has 0 unspecified atom stereocenters. The molecule has 176 valence electrons. The van der Waals surface area contributed by atoms with Gasteiger partial charge >= 0.3 is 12.6 Å². The highest BCUT2D eigenvalue weighted by Crippen LogP contribution is 2.32. The van der Waals surface area contributed by atoms with Gasteiger partial charge in [0, 0.05) is 43.3 Å². The Hall–Kier alpha value is -2.42. The highest BCUT2D eigenvalue weighted by Gasteiger charge is 2.29. The van der Waals surface area contributed by atoms with Gasteiger partial charge in [-0.05, 0) is 64.5 Å². The van der Waals surface area contributed by atoms with Crippen LogP contribution in [0.5, 0.6) is 0 Å². The molecule has 2 heterocycles. The average molecular weight is 470 g/mol. The van der Waals surface area contributed by atoms with Crippen molar-refractivity contribution in [2.24, 2.45) is 5.92 Å². The number of alkyl halides is 2. The second-order valence-corrected chi connectivity index (χ2v) is 9.55. The van der Waals surface area contributed by atoms with Crippen molar-refractivity contribution in [3.05, 3.63) is 29.7 Å². The van der Waals surface area contributed by atoms with Gasteiger partial charge in [-0.3, -0.25) is 0 Å². The van der Waals surface area contributed by atoms with Crippen LogP contribution in [-0.2, 0) is 4.74 Å². The Morgan fingerprint density at radius 3 is 2.62 bits per heavy atom. The van der Waals surface area contributed by atoms with Crippen LogP contribution in [0.15, 0.2) is 24.5 Å². The third-order valence-electron chi connectivity index (χ3n) is 5.58.